The molecule has 3 amide bonds. The maximum Gasteiger partial charge on any atom is 0.300 e. The first-order chi connectivity index (χ1) is 24.8. The van der Waals surface area contributed by atoms with Crippen molar-refractivity contribution in [2.75, 3.05) is 26.8 Å². The molecule has 0 radical (unpaired) electrons. The van der Waals surface area contributed by atoms with Crippen LogP contribution >= 0.6 is 0 Å². The molecule has 0 aliphatic carbocycles. The number of rotatable bonds is 2. The second-order valence-corrected chi connectivity index (χ2v) is 12.4. The number of benzene rings is 3. The van der Waals surface area contributed by atoms with E-state index in [4.69, 9.17) is 24.1 Å². The van der Waals surface area contributed by atoms with Gasteiger partial charge in [-0.15, -0.1) is 0 Å². The van der Waals surface area contributed by atoms with Crippen LogP contribution in [0.3, 0.4) is 0 Å². The number of nitrogens with one attached hydrogen (secondary N) is 2. The fourth-order valence-corrected chi connectivity index (χ4v) is 5.97. The zero-order chi connectivity index (χ0) is 37.5. The van der Waals surface area contributed by atoms with Crippen molar-refractivity contribution in [2.24, 2.45) is 7.05 Å². The first-order valence-corrected chi connectivity index (χ1v) is 16.4. The van der Waals surface area contributed by atoms with E-state index in [9.17, 15) is 23.6 Å². The fourth-order valence-electron chi connectivity index (χ4n) is 5.97. The Morgan fingerprint density at radius 3 is 2.50 bits per heavy atom. The molecule has 3 N–H and O–H groups in total. The predicted octanol–water partition coefficient (Wildman–Crippen LogP) is 3.70. The number of fused-ring (bicyclic) bond motifs is 8. The van der Waals surface area contributed by atoms with Gasteiger partial charge in [-0.05, 0) is 60.5 Å². The van der Waals surface area contributed by atoms with E-state index in [-0.39, 0.29) is 49.0 Å². The molecule has 1 aromatic heterocycles. The minimum atomic E-state index is -0.833. The number of amides is 3. The summed E-state index contributed by atoms with van der Waals surface area (Å²) < 4.78 is 34.0. The quantitative estimate of drug-likeness (QED) is 0.281. The van der Waals surface area contributed by atoms with Gasteiger partial charge in [0.1, 0.15) is 34.9 Å². The van der Waals surface area contributed by atoms with E-state index >= 15 is 0 Å². The fraction of sp³-hybridized carbons (Fsp3) is 0.289. The number of aryl methyl sites for hydroxylation is 1. The summed E-state index contributed by atoms with van der Waals surface area (Å²) in [5.41, 5.74) is 2.69. The smallest absolute Gasteiger partial charge is 0.300 e. The van der Waals surface area contributed by atoms with E-state index in [0.717, 1.165) is 6.92 Å². The summed E-state index contributed by atoms with van der Waals surface area (Å²) in [6.07, 6.45) is -0.342. The first-order valence-electron chi connectivity index (χ1n) is 16.4. The third kappa shape index (κ3) is 9.13. The molecule has 3 heterocycles. The summed E-state index contributed by atoms with van der Waals surface area (Å²) in [4.78, 5) is 63.1. The summed E-state index contributed by atoms with van der Waals surface area (Å²) in [5, 5.41) is 13.2. The van der Waals surface area contributed by atoms with Crippen LogP contribution in [0.5, 0.6) is 17.2 Å². The van der Waals surface area contributed by atoms with Crippen molar-refractivity contribution in [3.63, 3.8) is 0 Å². The Morgan fingerprint density at radius 1 is 0.981 bits per heavy atom. The van der Waals surface area contributed by atoms with Crippen molar-refractivity contribution in [3.8, 4) is 28.4 Å². The minimum Gasteiger partial charge on any atom is -0.496 e. The number of carboxylic acid groups (broad SMARTS) is 1. The summed E-state index contributed by atoms with van der Waals surface area (Å²) >= 11 is 0. The van der Waals surface area contributed by atoms with Crippen molar-refractivity contribution >= 4 is 23.7 Å². The van der Waals surface area contributed by atoms with Crippen molar-refractivity contribution in [1.82, 2.24) is 20.1 Å². The first kappa shape index (κ1) is 37.1. The van der Waals surface area contributed by atoms with Gasteiger partial charge in [0, 0.05) is 75.0 Å². The van der Waals surface area contributed by atoms with Gasteiger partial charge in [-0.3, -0.25) is 24.0 Å². The van der Waals surface area contributed by atoms with E-state index < -0.39 is 35.7 Å². The van der Waals surface area contributed by atoms with Crippen LogP contribution in [0.4, 0.5) is 4.39 Å². The Bertz CT molecular complexity index is 2060. The number of aromatic nitrogens is 1. The van der Waals surface area contributed by atoms with Crippen molar-refractivity contribution in [2.45, 2.75) is 39.0 Å². The standard InChI is InChI=1S/C36H35FN4O7.C2H4O2/c1-21-11-26(42)17-31(40(21)2)36(45)41-10-9-33-30(19-41)39-35(44)24-7-8-32(46-3)29(15-24)23-5-4-6-27(14-23)47-20-34(43)38-18-22-12-25(37)16-28(13-22)48-33;1-2(3)4/h4-8,11-17,30,33H,9-10,18-20H2,1-3H3,(H,38,43)(H,39,44);1H3,(H,3,4)/t30-,33-;/m1./s1. The molecule has 2 aliphatic rings. The Morgan fingerprint density at radius 2 is 1.75 bits per heavy atom. The second-order valence-electron chi connectivity index (χ2n) is 12.4. The molecule has 6 bridgehead atoms. The molecule has 0 spiro atoms. The van der Waals surface area contributed by atoms with Gasteiger partial charge in [0.15, 0.2) is 12.0 Å². The zero-order valence-corrected chi connectivity index (χ0v) is 29.1. The number of carboxylic acids is 1. The Labute approximate surface area is 298 Å². The highest BCUT2D eigenvalue weighted by Crippen LogP contribution is 2.33. The Balaban J connectivity index is 0.00000124. The molecule has 272 valence electrons. The molecule has 4 aromatic rings. The number of hydrogen-bond acceptors (Lipinski definition) is 8. The summed E-state index contributed by atoms with van der Waals surface area (Å²) in [6, 6.07) is 18.3. The zero-order valence-electron chi connectivity index (χ0n) is 29.1. The lowest BCUT2D eigenvalue weighted by Crippen LogP contribution is -2.58. The molecule has 14 heteroatoms. The number of ether oxygens (including phenoxy) is 3. The lowest BCUT2D eigenvalue weighted by molar-refractivity contribution is -0.134. The number of aliphatic carboxylic acids is 1. The number of methoxy groups -OCH3 is 1. The Hall–Kier alpha value is -6.18. The van der Waals surface area contributed by atoms with Crippen LogP contribution in [-0.4, -0.2) is 77.2 Å². The maximum absolute atomic E-state index is 14.8. The van der Waals surface area contributed by atoms with Gasteiger partial charge in [-0.1, -0.05) is 12.1 Å². The molecular formula is C38H39FN4O9. The summed E-state index contributed by atoms with van der Waals surface area (Å²) in [6.45, 7) is 2.92. The molecule has 52 heavy (non-hydrogen) atoms. The Kier molecular flexibility index (Phi) is 11.6. The van der Waals surface area contributed by atoms with Crippen LogP contribution in [0.2, 0.25) is 0 Å². The van der Waals surface area contributed by atoms with Crippen LogP contribution < -0.4 is 30.3 Å². The number of carbonyl (C=O) groups excluding carboxylic acids is 3. The summed E-state index contributed by atoms with van der Waals surface area (Å²) in [5.74, 6) is -1.42. The van der Waals surface area contributed by atoms with Gasteiger partial charge < -0.3 is 39.4 Å². The lowest BCUT2D eigenvalue weighted by Gasteiger charge is -2.39. The van der Waals surface area contributed by atoms with E-state index in [1.54, 1.807) is 65.9 Å². The second kappa shape index (κ2) is 16.2. The van der Waals surface area contributed by atoms with E-state index in [1.807, 2.05) is 6.07 Å². The van der Waals surface area contributed by atoms with Crippen LogP contribution in [0.15, 0.2) is 77.6 Å². The molecular weight excluding hydrogens is 675 g/mol. The SMILES string of the molecule is CC(=O)O.COc1ccc2cc1-c1cccc(c1)OCC(=O)NCc1cc(F)cc(c1)O[C@@H]1CCN(C(=O)c3cc(=O)cc(C)n3C)C[C@H]1NC2=O. The van der Waals surface area contributed by atoms with Gasteiger partial charge in [0.25, 0.3) is 23.7 Å². The van der Waals surface area contributed by atoms with Gasteiger partial charge in [0.2, 0.25) is 0 Å². The number of likely N-dealkylation sites (tertiary alicyclic amines) is 1. The topological polar surface area (TPSA) is 166 Å². The van der Waals surface area contributed by atoms with Crippen LogP contribution in [0, 0.1) is 12.7 Å². The molecule has 2 atom stereocenters. The third-order valence-electron chi connectivity index (χ3n) is 8.58. The number of pyridine rings is 1. The normalized spacial score (nSPS) is 17.1. The van der Waals surface area contributed by atoms with E-state index in [1.165, 1.54) is 31.4 Å². The number of piperidine rings is 1. The average molecular weight is 715 g/mol. The third-order valence-corrected chi connectivity index (χ3v) is 8.58. The van der Waals surface area contributed by atoms with Crippen molar-refractivity contribution in [3.05, 3.63) is 111 Å². The van der Waals surface area contributed by atoms with Crippen LogP contribution in [0.25, 0.3) is 11.1 Å². The molecule has 3 aromatic carbocycles. The van der Waals surface area contributed by atoms with E-state index in [0.29, 0.717) is 45.9 Å². The number of hydrogen-bond donors (Lipinski definition) is 3. The lowest BCUT2D eigenvalue weighted by atomic mass is 9.99. The number of carbonyl (C=O) groups is 4. The highest BCUT2D eigenvalue weighted by Gasteiger charge is 2.35. The van der Waals surface area contributed by atoms with Gasteiger partial charge >= 0.3 is 0 Å². The molecule has 1 saturated heterocycles. The molecule has 0 unspecified atom stereocenters. The van der Waals surface area contributed by atoms with E-state index in [2.05, 4.69) is 10.6 Å². The van der Waals surface area contributed by atoms with Gasteiger partial charge in [-0.25, -0.2) is 4.39 Å². The van der Waals surface area contributed by atoms with Crippen molar-refractivity contribution in [1.29, 1.82) is 0 Å². The number of nitrogens with zero attached hydrogens (tertiary/aromatic N) is 2. The van der Waals surface area contributed by atoms with Crippen molar-refractivity contribution < 1.29 is 42.9 Å². The summed E-state index contributed by atoms with van der Waals surface area (Å²) in [7, 11) is 3.24. The van der Waals surface area contributed by atoms with Gasteiger partial charge in [-0.2, -0.15) is 0 Å². The predicted molar refractivity (Wildman–Crippen MR) is 188 cm³/mol. The molecule has 1 fully saturated rings. The number of halogens is 1. The largest absolute Gasteiger partial charge is 0.496 e. The average Bonchev–Trinajstić information content (AvgIpc) is 3.10. The highest BCUT2D eigenvalue weighted by molar-refractivity contribution is 5.97. The molecule has 2 aliphatic heterocycles. The van der Waals surface area contributed by atoms with Crippen LogP contribution in [-0.2, 0) is 23.2 Å². The monoisotopic (exact) mass is 714 g/mol. The van der Waals surface area contributed by atoms with Gasteiger partial charge in [0.05, 0.1) is 13.2 Å². The van der Waals surface area contributed by atoms with Crippen LogP contribution in [0.1, 0.15) is 45.4 Å². The molecule has 6 rings (SSSR count). The molecule has 0 saturated carbocycles. The minimum absolute atomic E-state index is 0.0295. The maximum atomic E-state index is 14.8. The highest BCUT2D eigenvalue weighted by atomic mass is 19.1. The molecule has 13 nitrogen and oxygen atoms in total.